The number of hydrogen-bond acceptors (Lipinski definition) is 4. The molecule has 0 aliphatic carbocycles. The monoisotopic (exact) mass is 231 g/mol. The fourth-order valence-electron chi connectivity index (χ4n) is 1.61. The van der Waals surface area contributed by atoms with E-state index < -0.39 is 0 Å². The van der Waals surface area contributed by atoms with Gasteiger partial charge < -0.3 is 5.32 Å². The van der Waals surface area contributed by atoms with E-state index >= 15 is 0 Å². The summed E-state index contributed by atoms with van der Waals surface area (Å²) in [5, 5.41) is 3.24. The lowest BCUT2D eigenvalue weighted by atomic mass is 10.3. The third kappa shape index (κ3) is 2.68. The summed E-state index contributed by atoms with van der Waals surface area (Å²) in [6, 6.07) is 0. The molecule has 0 saturated carbocycles. The SMILES string of the molecule is CCNCc1cnc(-n2ccnc2CC)nc1. The number of aromatic nitrogens is 4. The van der Waals surface area contributed by atoms with Crippen LogP contribution in [-0.4, -0.2) is 26.1 Å². The second-order valence-corrected chi connectivity index (χ2v) is 3.74. The highest BCUT2D eigenvalue weighted by atomic mass is 15.2. The van der Waals surface area contributed by atoms with Crippen LogP contribution in [0.4, 0.5) is 0 Å². The van der Waals surface area contributed by atoms with Gasteiger partial charge in [0.25, 0.3) is 0 Å². The summed E-state index contributed by atoms with van der Waals surface area (Å²) in [6.45, 7) is 5.90. The average molecular weight is 231 g/mol. The topological polar surface area (TPSA) is 55.6 Å². The van der Waals surface area contributed by atoms with Gasteiger partial charge in [0.05, 0.1) is 0 Å². The van der Waals surface area contributed by atoms with Crippen LogP contribution in [-0.2, 0) is 13.0 Å². The van der Waals surface area contributed by atoms with Crippen molar-refractivity contribution in [1.29, 1.82) is 0 Å². The van der Waals surface area contributed by atoms with Crippen molar-refractivity contribution in [2.75, 3.05) is 6.54 Å². The molecule has 0 saturated heterocycles. The van der Waals surface area contributed by atoms with Gasteiger partial charge in [-0.25, -0.2) is 15.0 Å². The van der Waals surface area contributed by atoms with E-state index in [9.17, 15) is 0 Å². The summed E-state index contributed by atoms with van der Waals surface area (Å²) in [4.78, 5) is 13.0. The van der Waals surface area contributed by atoms with Crippen molar-refractivity contribution in [1.82, 2.24) is 24.8 Å². The largest absolute Gasteiger partial charge is 0.313 e. The fourth-order valence-corrected chi connectivity index (χ4v) is 1.61. The van der Waals surface area contributed by atoms with Crippen LogP contribution in [0.3, 0.4) is 0 Å². The van der Waals surface area contributed by atoms with Gasteiger partial charge in [0.2, 0.25) is 5.95 Å². The van der Waals surface area contributed by atoms with Crippen molar-refractivity contribution >= 4 is 0 Å². The fraction of sp³-hybridized carbons (Fsp3) is 0.417. The molecule has 0 fully saturated rings. The Morgan fingerprint density at radius 3 is 2.59 bits per heavy atom. The summed E-state index contributed by atoms with van der Waals surface area (Å²) in [7, 11) is 0. The molecule has 90 valence electrons. The van der Waals surface area contributed by atoms with Crippen LogP contribution in [0.2, 0.25) is 0 Å². The standard InChI is InChI=1S/C12H17N5/c1-3-11-14-5-6-17(11)12-15-8-10(9-16-12)7-13-4-2/h5-6,8-9,13H,3-4,7H2,1-2H3. The van der Waals surface area contributed by atoms with E-state index in [0.717, 1.165) is 30.9 Å². The first-order valence-corrected chi connectivity index (χ1v) is 5.89. The zero-order valence-corrected chi connectivity index (χ0v) is 10.2. The van der Waals surface area contributed by atoms with E-state index in [2.05, 4.69) is 34.1 Å². The van der Waals surface area contributed by atoms with E-state index in [1.807, 2.05) is 23.2 Å². The molecule has 2 aromatic rings. The van der Waals surface area contributed by atoms with E-state index in [4.69, 9.17) is 0 Å². The highest BCUT2D eigenvalue weighted by molar-refractivity contribution is 5.17. The predicted molar refractivity (Wildman–Crippen MR) is 65.9 cm³/mol. The molecule has 0 unspecified atom stereocenters. The smallest absolute Gasteiger partial charge is 0.235 e. The van der Waals surface area contributed by atoms with Crippen molar-refractivity contribution < 1.29 is 0 Å². The molecule has 0 radical (unpaired) electrons. The molecule has 0 spiro atoms. The lowest BCUT2D eigenvalue weighted by Gasteiger charge is -2.05. The quantitative estimate of drug-likeness (QED) is 0.843. The lowest BCUT2D eigenvalue weighted by molar-refractivity contribution is 0.717. The number of hydrogen-bond donors (Lipinski definition) is 1. The summed E-state index contributed by atoms with van der Waals surface area (Å²) >= 11 is 0. The normalized spacial score (nSPS) is 10.7. The van der Waals surface area contributed by atoms with Crippen molar-refractivity contribution in [3.05, 3.63) is 36.2 Å². The number of rotatable bonds is 5. The van der Waals surface area contributed by atoms with Gasteiger partial charge in [0.1, 0.15) is 5.82 Å². The van der Waals surface area contributed by atoms with Crippen LogP contribution < -0.4 is 5.32 Å². The van der Waals surface area contributed by atoms with Crippen LogP contribution in [0.25, 0.3) is 5.95 Å². The number of imidazole rings is 1. The molecule has 2 aromatic heterocycles. The molecule has 5 nitrogen and oxygen atoms in total. The molecule has 0 aromatic carbocycles. The summed E-state index contributed by atoms with van der Waals surface area (Å²) < 4.78 is 1.91. The molecular formula is C12H17N5. The number of aryl methyl sites for hydroxylation is 1. The second-order valence-electron chi connectivity index (χ2n) is 3.74. The zero-order chi connectivity index (χ0) is 12.1. The minimum absolute atomic E-state index is 0.680. The summed E-state index contributed by atoms with van der Waals surface area (Å²) in [5.74, 6) is 1.66. The molecule has 0 aliphatic heterocycles. The predicted octanol–water partition coefficient (Wildman–Crippen LogP) is 1.33. The molecule has 0 bridgehead atoms. The first-order valence-electron chi connectivity index (χ1n) is 5.89. The van der Waals surface area contributed by atoms with E-state index in [0.29, 0.717) is 5.95 Å². The van der Waals surface area contributed by atoms with Gasteiger partial charge in [-0.05, 0) is 6.54 Å². The molecule has 2 rings (SSSR count). The lowest BCUT2D eigenvalue weighted by Crippen LogP contribution is -2.13. The van der Waals surface area contributed by atoms with Crippen LogP contribution in [0.5, 0.6) is 0 Å². The molecule has 1 N–H and O–H groups in total. The van der Waals surface area contributed by atoms with Gasteiger partial charge in [0, 0.05) is 43.3 Å². The molecule has 0 atom stereocenters. The molecule has 0 amide bonds. The third-order valence-electron chi connectivity index (χ3n) is 2.52. The highest BCUT2D eigenvalue weighted by Gasteiger charge is 2.05. The van der Waals surface area contributed by atoms with E-state index in [1.54, 1.807) is 6.20 Å². The maximum atomic E-state index is 4.35. The Kier molecular flexibility index (Phi) is 3.82. The van der Waals surface area contributed by atoms with Gasteiger partial charge >= 0.3 is 0 Å². The van der Waals surface area contributed by atoms with Crippen molar-refractivity contribution in [2.45, 2.75) is 26.8 Å². The van der Waals surface area contributed by atoms with Crippen molar-refractivity contribution in [2.24, 2.45) is 0 Å². The van der Waals surface area contributed by atoms with Crippen LogP contribution >= 0.6 is 0 Å². The Bertz CT molecular complexity index is 460. The Hall–Kier alpha value is -1.75. The molecular weight excluding hydrogens is 214 g/mol. The van der Waals surface area contributed by atoms with E-state index in [1.165, 1.54) is 0 Å². The van der Waals surface area contributed by atoms with Gasteiger partial charge in [-0.3, -0.25) is 4.57 Å². The maximum absolute atomic E-state index is 4.35. The van der Waals surface area contributed by atoms with Crippen molar-refractivity contribution in [3.63, 3.8) is 0 Å². The third-order valence-corrected chi connectivity index (χ3v) is 2.52. The number of nitrogens with zero attached hydrogens (tertiary/aromatic N) is 4. The Labute approximate surface area is 101 Å². The minimum atomic E-state index is 0.680. The Morgan fingerprint density at radius 2 is 1.94 bits per heavy atom. The molecule has 17 heavy (non-hydrogen) atoms. The summed E-state index contributed by atoms with van der Waals surface area (Å²) in [6.07, 6.45) is 8.23. The van der Waals surface area contributed by atoms with Crippen LogP contribution in [0, 0.1) is 0 Å². The van der Waals surface area contributed by atoms with Crippen molar-refractivity contribution in [3.8, 4) is 5.95 Å². The second kappa shape index (κ2) is 5.54. The Balaban J connectivity index is 2.17. The van der Waals surface area contributed by atoms with Gasteiger partial charge in [-0.1, -0.05) is 13.8 Å². The van der Waals surface area contributed by atoms with Crippen LogP contribution in [0.15, 0.2) is 24.8 Å². The Morgan fingerprint density at radius 1 is 1.18 bits per heavy atom. The molecule has 0 aliphatic rings. The first-order chi connectivity index (χ1) is 8.35. The molecule has 5 heteroatoms. The van der Waals surface area contributed by atoms with Crippen LogP contribution in [0.1, 0.15) is 25.2 Å². The molecule has 2 heterocycles. The minimum Gasteiger partial charge on any atom is -0.313 e. The maximum Gasteiger partial charge on any atom is 0.235 e. The first kappa shape index (κ1) is 11.7. The average Bonchev–Trinajstić information content (AvgIpc) is 2.85. The highest BCUT2D eigenvalue weighted by Crippen LogP contribution is 2.06. The number of nitrogens with one attached hydrogen (secondary N) is 1. The van der Waals surface area contributed by atoms with Gasteiger partial charge in [-0.2, -0.15) is 0 Å². The van der Waals surface area contributed by atoms with Gasteiger partial charge in [-0.15, -0.1) is 0 Å². The van der Waals surface area contributed by atoms with E-state index in [-0.39, 0.29) is 0 Å². The summed E-state index contributed by atoms with van der Waals surface area (Å²) in [5.41, 5.74) is 1.09. The van der Waals surface area contributed by atoms with Gasteiger partial charge in [0.15, 0.2) is 0 Å². The zero-order valence-electron chi connectivity index (χ0n) is 10.2.